The molecule has 0 aromatic heterocycles. The van der Waals surface area contributed by atoms with Gasteiger partial charge in [0, 0.05) is 5.92 Å². The predicted molar refractivity (Wildman–Crippen MR) is 53.4 cm³/mol. The van der Waals surface area contributed by atoms with E-state index >= 15 is 0 Å². The lowest BCUT2D eigenvalue weighted by molar-refractivity contribution is -0.192. The van der Waals surface area contributed by atoms with Crippen LogP contribution in [0.4, 0.5) is 8.78 Å². The maximum atomic E-state index is 13.1. The highest BCUT2D eigenvalue weighted by Gasteiger charge is 2.75. The van der Waals surface area contributed by atoms with E-state index in [-0.39, 0.29) is 5.56 Å². The van der Waals surface area contributed by atoms with Crippen molar-refractivity contribution in [3.05, 3.63) is 35.4 Å². The summed E-state index contributed by atoms with van der Waals surface area (Å²) in [6.45, 7) is 1.50. The Balaban J connectivity index is 1.96. The van der Waals surface area contributed by atoms with Crippen molar-refractivity contribution in [3.63, 3.8) is 0 Å². The van der Waals surface area contributed by atoms with Gasteiger partial charge in [-0.3, -0.25) is 0 Å². The van der Waals surface area contributed by atoms with E-state index in [9.17, 15) is 18.1 Å². The van der Waals surface area contributed by atoms with Crippen molar-refractivity contribution in [2.24, 2.45) is 0 Å². The van der Waals surface area contributed by atoms with Gasteiger partial charge in [0.15, 0.2) is 11.6 Å². The van der Waals surface area contributed by atoms with Crippen LogP contribution in [-0.2, 0) is 22.9 Å². The van der Waals surface area contributed by atoms with Crippen LogP contribution in [0, 0.1) is 11.6 Å². The molecule has 5 nitrogen and oxygen atoms in total. The van der Waals surface area contributed by atoms with Gasteiger partial charge >= 0.3 is 13.8 Å². The van der Waals surface area contributed by atoms with Gasteiger partial charge in [0.1, 0.15) is 0 Å². The maximum absolute atomic E-state index is 13.1. The van der Waals surface area contributed by atoms with Crippen LogP contribution in [0.25, 0.3) is 0 Å². The molecule has 3 aliphatic rings. The van der Waals surface area contributed by atoms with Crippen LogP contribution in [0.15, 0.2) is 18.2 Å². The molecule has 1 aromatic carbocycles. The van der Waals surface area contributed by atoms with E-state index in [1.165, 1.54) is 13.0 Å². The molecule has 0 N–H and O–H groups in total. The Labute approximate surface area is 100 Å². The molecule has 3 aliphatic heterocycles. The van der Waals surface area contributed by atoms with Crippen molar-refractivity contribution in [1.29, 1.82) is 0 Å². The number of phosphoric acid groups is 1. The van der Waals surface area contributed by atoms with Gasteiger partial charge in [-0.15, -0.1) is 0 Å². The van der Waals surface area contributed by atoms with Gasteiger partial charge < -0.3 is 4.52 Å². The van der Waals surface area contributed by atoms with Crippen molar-refractivity contribution in [3.8, 4) is 0 Å². The summed E-state index contributed by atoms with van der Waals surface area (Å²) in [6, 6.07) is 3.14. The summed E-state index contributed by atoms with van der Waals surface area (Å²) in [7, 11) is -3.73. The molecule has 1 aromatic rings. The minimum absolute atomic E-state index is 0.277. The summed E-state index contributed by atoms with van der Waals surface area (Å²) >= 11 is 0. The topological polar surface area (TPSA) is 61.8 Å². The minimum Gasteiger partial charge on any atom is -0.366 e. The molecule has 0 saturated carbocycles. The van der Waals surface area contributed by atoms with Crippen LogP contribution >= 0.6 is 7.82 Å². The molecule has 18 heavy (non-hydrogen) atoms. The van der Waals surface area contributed by atoms with Gasteiger partial charge in [0.2, 0.25) is 0 Å². The summed E-state index contributed by atoms with van der Waals surface area (Å²) in [5, 5.41) is 0. The van der Waals surface area contributed by atoms with E-state index < -0.39 is 37.1 Å². The predicted octanol–water partition coefficient (Wildman–Crippen LogP) is 2.48. The first-order valence-corrected chi connectivity index (χ1v) is 6.53. The Morgan fingerprint density at radius 3 is 2.44 bits per heavy atom. The van der Waals surface area contributed by atoms with Gasteiger partial charge in [-0.2, -0.15) is 0 Å². The van der Waals surface area contributed by atoms with Crippen LogP contribution < -0.4 is 0 Å². The van der Waals surface area contributed by atoms with Crippen LogP contribution in [0.2, 0.25) is 0 Å². The Hall–Kier alpha value is -1.30. The van der Waals surface area contributed by atoms with Crippen molar-refractivity contribution < 1.29 is 31.7 Å². The first-order valence-electron chi connectivity index (χ1n) is 5.07. The average Bonchev–Trinajstić information content (AvgIpc) is 2.67. The van der Waals surface area contributed by atoms with Gasteiger partial charge in [-0.25, -0.2) is 27.2 Å². The molecule has 8 heteroatoms. The van der Waals surface area contributed by atoms with Gasteiger partial charge in [0.05, 0.1) is 0 Å². The fraction of sp³-hybridized carbons (Fsp3) is 0.300. The molecule has 0 amide bonds. The lowest BCUT2D eigenvalue weighted by Crippen LogP contribution is -2.46. The summed E-state index contributed by atoms with van der Waals surface area (Å²) in [5.74, 6) is -5.55. The van der Waals surface area contributed by atoms with Crippen molar-refractivity contribution in [2.45, 2.75) is 18.6 Å². The number of rotatable bonds is 2. The quantitative estimate of drug-likeness (QED) is 0.776. The zero-order valence-corrected chi connectivity index (χ0v) is 9.95. The molecular weight excluding hydrogens is 269 g/mol. The second-order valence-electron chi connectivity index (χ2n) is 4.07. The van der Waals surface area contributed by atoms with Gasteiger partial charge in [0.25, 0.3) is 5.79 Å². The second kappa shape index (κ2) is 3.38. The molecule has 3 fully saturated rings. The van der Waals surface area contributed by atoms with Crippen LogP contribution in [0.1, 0.15) is 18.4 Å². The number of benzene rings is 1. The Morgan fingerprint density at radius 2 is 1.94 bits per heavy atom. The smallest absolute Gasteiger partial charge is 0.366 e. The lowest BCUT2D eigenvalue weighted by Gasteiger charge is -2.35. The van der Waals surface area contributed by atoms with Gasteiger partial charge in [-0.05, 0) is 17.7 Å². The number of carbonyl (C=O) groups is 1. The number of hydrogen-bond acceptors (Lipinski definition) is 5. The Kier molecular flexibility index (Phi) is 2.21. The third kappa shape index (κ3) is 1.38. The third-order valence-corrected chi connectivity index (χ3v) is 4.37. The number of phosphoric ester groups is 1. The Morgan fingerprint density at radius 1 is 1.28 bits per heavy atom. The van der Waals surface area contributed by atoms with Crippen LogP contribution in [0.5, 0.6) is 0 Å². The lowest BCUT2D eigenvalue weighted by atomic mass is 9.92. The molecule has 2 bridgehead atoms. The van der Waals surface area contributed by atoms with E-state index in [1.54, 1.807) is 0 Å². The van der Waals surface area contributed by atoms with Crippen molar-refractivity contribution in [2.75, 3.05) is 0 Å². The molecular formula is C10H7F2O5P. The van der Waals surface area contributed by atoms with Crippen LogP contribution in [0.3, 0.4) is 0 Å². The number of carbonyl (C=O) groups excluding carboxylic acids is 1. The van der Waals surface area contributed by atoms with E-state index in [1.807, 2.05) is 0 Å². The molecule has 4 rings (SSSR count). The molecule has 0 radical (unpaired) electrons. The van der Waals surface area contributed by atoms with E-state index in [0.29, 0.717) is 0 Å². The summed E-state index contributed by atoms with van der Waals surface area (Å²) < 4.78 is 51.4. The highest BCUT2D eigenvalue weighted by molar-refractivity contribution is 7.51. The zero-order chi connectivity index (χ0) is 13.1. The number of hydrogen-bond donors (Lipinski definition) is 0. The number of fused-ring (bicyclic) bond motifs is 1. The second-order valence-corrected chi connectivity index (χ2v) is 5.51. The first kappa shape index (κ1) is 11.8. The summed E-state index contributed by atoms with van der Waals surface area (Å²) in [6.07, 6.45) is 0. The molecule has 3 saturated heterocycles. The molecule has 0 aliphatic carbocycles. The first-order chi connectivity index (χ1) is 8.36. The fourth-order valence-corrected chi connectivity index (χ4v) is 3.50. The monoisotopic (exact) mass is 276 g/mol. The number of halogens is 2. The standard InChI is InChI=1S/C10H7F2O5P/c1-5(6-2-3-7(11)8(12)4-6)10-9(13)15-18(14,16-10)17-10/h2-5H,1H3. The van der Waals surface area contributed by atoms with Crippen molar-refractivity contribution >= 4 is 13.8 Å². The molecule has 96 valence electrons. The normalized spacial score (nSPS) is 34.9. The van der Waals surface area contributed by atoms with E-state index in [0.717, 1.165) is 12.1 Å². The van der Waals surface area contributed by atoms with Crippen molar-refractivity contribution in [1.82, 2.24) is 0 Å². The molecule has 1 unspecified atom stereocenters. The largest absolute Gasteiger partial charge is 0.538 e. The average molecular weight is 276 g/mol. The fourth-order valence-electron chi connectivity index (χ4n) is 1.95. The third-order valence-electron chi connectivity index (χ3n) is 2.99. The highest BCUT2D eigenvalue weighted by Crippen LogP contribution is 2.74. The Bertz CT molecular complexity index is 592. The summed E-state index contributed by atoms with van der Waals surface area (Å²) in [5.41, 5.74) is 0.277. The SMILES string of the molecule is CC(c1ccc(F)c(F)c1)C12OP(=O)(OC1=O)O2. The maximum Gasteiger partial charge on any atom is 0.538 e. The van der Waals surface area contributed by atoms with Gasteiger partial charge in [-0.1, -0.05) is 13.0 Å². The molecule has 1 atom stereocenters. The van der Waals surface area contributed by atoms with E-state index in [2.05, 4.69) is 4.52 Å². The molecule has 0 spiro atoms. The minimum atomic E-state index is -3.73. The zero-order valence-electron chi connectivity index (χ0n) is 9.05. The van der Waals surface area contributed by atoms with E-state index in [4.69, 9.17) is 9.05 Å². The van der Waals surface area contributed by atoms with Crippen LogP contribution in [-0.4, -0.2) is 11.8 Å². The highest BCUT2D eigenvalue weighted by atomic mass is 31.2. The molecule has 3 heterocycles. The summed E-state index contributed by atoms with van der Waals surface area (Å²) in [4.78, 5) is 11.5.